The van der Waals surface area contributed by atoms with E-state index in [4.69, 9.17) is 0 Å². The Balaban J connectivity index is 2.03. The summed E-state index contributed by atoms with van der Waals surface area (Å²) in [6.07, 6.45) is 1.61. The van der Waals surface area contributed by atoms with Crippen LogP contribution in [-0.4, -0.2) is 25.2 Å². The molecule has 138 valence electrons. The van der Waals surface area contributed by atoms with E-state index in [0.717, 1.165) is 29.5 Å². The number of rotatable bonds is 4. The molecule has 0 bridgehead atoms. The second-order valence-electron chi connectivity index (χ2n) is 6.87. The molecule has 5 nitrogen and oxygen atoms in total. The fourth-order valence-electron chi connectivity index (χ4n) is 3.41. The molecule has 1 amide bonds. The van der Waals surface area contributed by atoms with Gasteiger partial charge in [-0.05, 0) is 49.9 Å². The Kier molecular flexibility index (Phi) is 5.16. The van der Waals surface area contributed by atoms with Crippen LogP contribution in [0.25, 0.3) is 0 Å². The van der Waals surface area contributed by atoms with Gasteiger partial charge in [-0.25, -0.2) is 8.42 Å². The van der Waals surface area contributed by atoms with Crippen molar-refractivity contribution in [3.05, 3.63) is 59.2 Å². The first-order chi connectivity index (χ1) is 12.3. The minimum Gasteiger partial charge on any atom is -0.325 e. The molecule has 0 spiro atoms. The van der Waals surface area contributed by atoms with Crippen LogP contribution >= 0.6 is 0 Å². The number of amides is 1. The fraction of sp³-hybridized carbons (Fsp3) is 0.350. The zero-order valence-corrected chi connectivity index (χ0v) is 16.1. The second kappa shape index (κ2) is 7.21. The lowest BCUT2D eigenvalue weighted by Crippen LogP contribution is -2.31. The molecule has 1 saturated heterocycles. The third kappa shape index (κ3) is 3.66. The van der Waals surface area contributed by atoms with Crippen molar-refractivity contribution in [1.82, 2.24) is 4.31 Å². The van der Waals surface area contributed by atoms with Crippen LogP contribution in [0.15, 0.2) is 47.4 Å². The number of benzene rings is 2. The molecule has 1 atom stereocenters. The van der Waals surface area contributed by atoms with Crippen molar-refractivity contribution in [3.63, 3.8) is 0 Å². The molecule has 0 saturated carbocycles. The molecule has 1 aliphatic rings. The molecule has 0 unspecified atom stereocenters. The zero-order chi connectivity index (χ0) is 18.9. The molecule has 6 heteroatoms. The van der Waals surface area contributed by atoms with E-state index >= 15 is 0 Å². The molecule has 1 heterocycles. The van der Waals surface area contributed by atoms with Crippen molar-refractivity contribution in [2.45, 2.75) is 44.6 Å². The highest BCUT2D eigenvalue weighted by Gasteiger charge is 2.37. The second-order valence-corrected chi connectivity index (χ2v) is 8.72. The third-order valence-electron chi connectivity index (χ3n) is 4.70. The van der Waals surface area contributed by atoms with Crippen molar-refractivity contribution in [3.8, 4) is 0 Å². The monoisotopic (exact) mass is 372 g/mol. The number of nitrogens with one attached hydrogen (secondary N) is 1. The topological polar surface area (TPSA) is 66.5 Å². The number of aryl methyl sites for hydroxylation is 2. The van der Waals surface area contributed by atoms with Gasteiger partial charge in [0, 0.05) is 13.5 Å². The van der Waals surface area contributed by atoms with E-state index in [0.29, 0.717) is 12.2 Å². The summed E-state index contributed by atoms with van der Waals surface area (Å²) in [7, 11) is -3.73. The molecule has 26 heavy (non-hydrogen) atoms. The molecule has 2 aromatic rings. The van der Waals surface area contributed by atoms with Gasteiger partial charge in [0.2, 0.25) is 15.9 Å². The van der Waals surface area contributed by atoms with Gasteiger partial charge in [-0.3, -0.25) is 4.79 Å². The van der Waals surface area contributed by atoms with E-state index < -0.39 is 10.0 Å². The van der Waals surface area contributed by atoms with Crippen molar-refractivity contribution in [1.29, 1.82) is 0 Å². The van der Waals surface area contributed by atoms with Crippen molar-refractivity contribution < 1.29 is 13.2 Å². The Morgan fingerprint density at radius 1 is 1.08 bits per heavy atom. The molecule has 3 rings (SSSR count). The maximum atomic E-state index is 13.4. The summed E-state index contributed by atoms with van der Waals surface area (Å²) in [5.74, 6) is -0.290. The van der Waals surface area contributed by atoms with E-state index in [2.05, 4.69) is 5.32 Å². The van der Waals surface area contributed by atoms with Crippen molar-refractivity contribution in [2.24, 2.45) is 0 Å². The standard InChI is InChI=1S/C20H24N2O3S/c1-14-6-9-17(10-7-14)19-5-4-12-22(19)26(24,25)20-13-15(2)8-11-18(20)21-16(3)23/h6-11,13,19H,4-5,12H2,1-3H3,(H,21,23)/t19-/m0/s1. The molecule has 1 fully saturated rings. The van der Waals surface area contributed by atoms with Gasteiger partial charge < -0.3 is 5.32 Å². The summed E-state index contributed by atoms with van der Waals surface area (Å²) < 4.78 is 28.4. The van der Waals surface area contributed by atoms with Crippen LogP contribution in [0, 0.1) is 13.8 Å². The molecule has 0 aliphatic carbocycles. The predicted octanol–water partition coefficient (Wildman–Crippen LogP) is 3.79. The summed E-state index contributed by atoms with van der Waals surface area (Å²) in [5.41, 5.74) is 3.32. The Bertz CT molecular complexity index is 921. The van der Waals surface area contributed by atoms with Crippen LogP contribution < -0.4 is 5.32 Å². The number of hydrogen-bond donors (Lipinski definition) is 1. The highest BCUT2D eigenvalue weighted by Crippen LogP contribution is 2.38. The first-order valence-corrected chi connectivity index (χ1v) is 10.2. The Morgan fingerprint density at radius 2 is 1.73 bits per heavy atom. The van der Waals surface area contributed by atoms with Gasteiger partial charge in [0.25, 0.3) is 0 Å². The Hall–Kier alpha value is -2.18. The summed E-state index contributed by atoms with van der Waals surface area (Å²) in [6.45, 7) is 5.72. The maximum Gasteiger partial charge on any atom is 0.245 e. The predicted molar refractivity (Wildman–Crippen MR) is 103 cm³/mol. The highest BCUT2D eigenvalue weighted by molar-refractivity contribution is 7.89. The Labute approximate surface area is 155 Å². The van der Waals surface area contributed by atoms with Crippen LogP contribution in [0.5, 0.6) is 0 Å². The number of hydrogen-bond acceptors (Lipinski definition) is 3. The SMILES string of the molecule is CC(=O)Nc1ccc(C)cc1S(=O)(=O)N1CCC[C@H]1c1ccc(C)cc1. The molecular formula is C20H24N2O3S. The van der Waals surface area contributed by atoms with Crippen LogP contribution in [-0.2, 0) is 14.8 Å². The summed E-state index contributed by atoms with van der Waals surface area (Å²) in [6, 6.07) is 12.9. The summed E-state index contributed by atoms with van der Waals surface area (Å²) in [5, 5.41) is 2.65. The van der Waals surface area contributed by atoms with E-state index in [9.17, 15) is 13.2 Å². The van der Waals surface area contributed by atoms with E-state index in [1.165, 1.54) is 6.92 Å². The number of anilines is 1. The van der Waals surface area contributed by atoms with Crippen LogP contribution in [0.1, 0.15) is 42.5 Å². The summed E-state index contributed by atoms with van der Waals surface area (Å²) in [4.78, 5) is 11.7. The average Bonchev–Trinajstić information content (AvgIpc) is 3.07. The van der Waals surface area contributed by atoms with Crippen molar-refractivity contribution >= 4 is 21.6 Å². The van der Waals surface area contributed by atoms with Gasteiger partial charge in [-0.15, -0.1) is 0 Å². The quantitative estimate of drug-likeness (QED) is 0.888. The van der Waals surface area contributed by atoms with E-state index in [1.807, 2.05) is 38.1 Å². The van der Waals surface area contributed by atoms with Crippen LogP contribution in [0.3, 0.4) is 0 Å². The largest absolute Gasteiger partial charge is 0.325 e. The number of nitrogens with zero attached hydrogens (tertiary/aromatic N) is 1. The molecule has 0 aromatic heterocycles. The molecule has 0 radical (unpaired) electrons. The Morgan fingerprint density at radius 3 is 2.38 bits per heavy atom. The third-order valence-corrected chi connectivity index (χ3v) is 6.65. The van der Waals surface area contributed by atoms with Crippen LogP contribution in [0.2, 0.25) is 0 Å². The summed E-state index contributed by atoms with van der Waals surface area (Å²) >= 11 is 0. The lowest BCUT2D eigenvalue weighted by atomic mass is 10.0. The first kappa shape index (κ1) is 18.6. The van der Waals surface area contributed by atoms with E-state index in [1.54, 1.807) is 22.5 Å². The van der Waals surface area contributed by atoms with E-state index in [-0.39, 0.29) is 16.8 Å². The fourth-order valence-corrected chi connectivity index (χ4v) is 5.33. The smallest absolute Gasteiger partial charge is 0.245 e. The van der Waals surface area contributed by atoms with Crippen LogP contribution in [0.4, 0.5) is 5.69 Å². The zero-order valence-electron chi connectivity index (χ0n) is 15.3. The van der Waals surface area contributed by atoms with Gasteiger partial charge >= 0.3 is 0 Å². The molecule has 2 aromatic carbocycles. The normalized spacial score (nSPS) is 18.0. The molecule has 1 aliphatic heterocycles. The van der Waals surface area contributed by atoms with Crippen molar-refractivity contribution in [2.75, 3.05) is 11.9 Å². The van der Waals surface area contributed by atoms with Gasteiger partial charge in [-0.2, -0.15) is 4.31 Å². The van der Waals surface area contributed by atoms with Gasteiger partial charge in [-0.1, -0.05) is 35.9 Å². The maximum absolute atomic E-state index is 13.4. The molecular weight excluding hydrogens is 348 g/mol. The van der Waals surface area contributed by atoms with Gasteiger partial charge in [0.1, 0.15) is 4.90 Å². The lowest BCUT2D eigenvalue weighted by Gasteiger charge is -2.26. The number of carbonyl (C=O) groups excluding carboxylic acids is 1. The highest BCUT2D eigenvalue weighted by atomic mass is 32.2. The minimum atomic E-state index is -3.73. The number of carbonyl (C=O) groups is 1. The first-order valence-electron chi connectivity index (χ1n) is 8.75. The number of sulfonamides is 1. The molecule has 1 N–H and O–H groups in total. The average molecular weight is 372 g/mol. The van der Waals surface area contributed by atoms with Gasteiger partial charge in [0.15, 0.2) is 0 Å². The van der Waals surface area contributed by atoms with Gasteiger partial charge in [0.05, 0.1) is 11.7 Å². The minimum absolute atomic E-state index is 0.159. The lowest BCUT2D eigenvalue weighted by molar-refractivity contribution is -0.114.